The molecule has 0 aliphatic heterocycles. The second kappa shape index (κ2) is 5.14. The van der Waals surface area contributed by atoms with Gasteiger partial charge in [0, 0.05) is 24.4 Å². The maximum atomic E-state index is 6.01. The Labute approximate surface area is 126 Å². The van der Waals surface area contributed by atoms with Gasteiger partial charge in [-0.1, -0.05) is 11.6 Å². The number of anilines is 1. The largest absolute Gasteiger partial charge is 0.497 e. The summed E-state index contributed by atoms with van der Waals surface area (Å²) < 4.78 is 12.3. The van der Waals surface area contributed by atoms with Crippen molar-refractivity contribution in [3.8, 4) is 17.2 Å². The van der Waals surface area contributed by atoms with Crippen LogP contribution in [-0.2, 0) is 0 Å². The highest BCUT2D eigenvalue weighted by Crippen LogP contribution is 2.29. The summed E-state index contributed by atoms with van der Waals surface area (Å²) in [5.74, 6) is 1.62. The fraction of sp³-hybridized carbons (Fsp3) is 0.143. The van der Waals surface area contributed by atoms with Gasteiger partial charge in [-0.2, -0.15) is 0 Å². The SMILES string of the molecule is COc1cc(OC)cc(-n2c(N)nc3cc(Cl)cnc32)c1. The van der Waals surface area contributed by atoms with Crippen molar-refractivity contribution in [1.82, 2.24) is 14.5 Å². The number of pyridine rings is 1. The summed E-state index contributed by atoms with van der Waals surface area (Å²) in [5.41, 5.74) is 8.00. The van der Waals surface area contributed by atoms with Gasteiger partial charge in [0.2, 0.25) is 5.95 Å². The molecule has 6 nitrogen and oxygen atoms in total. The highest BCUT2D eigenvalue weighted by molar-refractivity contribution is 6.31. The quantitative estimate of drug-likeness (QED) is 0.805. The van der Waals surface area contributed by atoms with Crippen molar-refractivity contribution >= 4 is 28.7 Å². The first-order valence-corrected chi connectivity index (χ1v) is 6.53. The number of rotatable bonds is 3. The molecule has 21 heavy (non-hydrogen) atoms. The van der Waals surface area contributed by atoms with Gasteiger partial charge in [0.15, 0.2) is 5.65 Å². The first kappa shape index (κ1) is 13.5. The lowest BCUT2D eigenvalue weighted by atomic mass is 10.2. The first-order chi connectivity index (χ1) is 10.1. The molecule has 0 fully saturated rings. The molecule has 0 radical (unpaired) electrons. The van der Waals surface area contributed by atoms with Crippen LogP contribution in [0.25, 0.3) is 16.9 Å². The van der Waals surface area contributed by atoms with E-state index in [1.807, 2.05) is 12.1 Å². The highest BCUT2D eigenvalue weighted by Gasteiger charge is 2.13. The second-order valence-corrected chi connectivity index (χ2v) is 4.81. The average molecular weight is 305 g/mol. The van der Waals surface area contributed by atoms with Gasteiger partial charge < -0.3 is 15.2 Å². The molecule has 2 heterocycles. The third-order valence-corrected chi connectivity index (χ3v) is 3.29. The minimum Gasteiger partial charge on any atom is -0.497 e. The maximum absolute atomic E-state index is 6.01. The van der Waals surface area contributed by atoms with Crippen molar-refractivity contribution in [3.05, 3.63) is 35.5 Å². The number of methoxy groups -OCH3 is 2. The van der Waals surface area contributed by atoms with Crippen molar-refractivity contribution in [3.63, 3.8) is 0 Å². The van der Waals surface area contributed by atoms with Crippen LogP contribution in [0.2, 0.25) is 5.02 Å². The molecule has 1 aromatic carbocycles. The lowest BCUT2D eigenvalue weighted by Gasteiger charge is -2.10. The van der Waals surface area contributed by atoms with E-state index < -0.39 is 0 Å². The number of imidazole rings is 1. The van der Waals surface area contributed by atoms with Gasteiger partial charge in [0.1, 0.15) is 17.0 Å². The van der Waals surface area contributed by atoms with E-state index in [0.717, 1.165) is 5.69 Å². The minimum atomic E-state index is 0.315. The van der Waals surface area contributed by atoms with Crippen LogP contribution in [0.15, 0.2) is 30.5 Å². The van der Waals surface area contributed by atoms with Crippen LogP contribution in [0.4, 0.5) is 5.95 Å². The molecule has 0 amide bonds. The summed E-state index contributed by atoms with van der Waals surface area (Å²) >= 11 is 5.93. The van der Waals surface area contributed by atoms with E-state index in [-0.39, 0.29) is 0 Å². The summed E-state index contributed by atoms with van der Waals surface area (Å²) in [4.78, 5) is 8.57. The summed E-state index contributed by atoms with van der Waals surface area (Å²) in [6.45, 7) is 0. The fourth-order valence-corrected chi connectivity index (χ4v) is 2.29. The zero-order valence-electron chi connectivity index (χ0n) is 11.5. The van der Waals surface area contributed by atoms with Gasteiger partial charge in [0.05, 0.1) is 24.9 Å². The molecule has 2 N–H and O–H groups in total. The molecule has 108 valence electrons. The third kappa shape index (κ3) is 2.34. The molecular formula is C14H13ClN4O2. The Morgan fingerprint density at radius 2 is 1.76 bits per heavy atom. The molecule has 0 unspecified atom stereocenters. The Balaban J connectivity index is 2.27. The Hall–Kier alpha value is -2.47. The number of fused-ring (bicyclic) bond motifs is 1. The topological polar surface area (TPSA) is 75.2 Å². The zero-order chi connectivity index (χ0) is 15.0. The number of ether oxygens (including phenoxy) is 2. The van der Waals surface area contributed by atoms with E-state index in [0.29, 0.717) is 33.6 Å². The summed E-state index contributed by atoms with van der Waals surface area (Å²) in [6.07, 6.45) is 1.55. The van der Waals surface area contributed by atoms with Crippen LogP contribution in [0.3, 0.4) is 0 Å². The van der Waals surface area contributed by atoms with Crippen molar-refractivity contribution < 1.29 is 9.47 Å². The normalized spacial score (nSPS) is 10.8. The lowest BCUT2D eigenvalue weighted by molar-refractivity contribution is 0.394. The molecule has 0 saturated carbocycles. The predicted molar refractivity (Wildman–Crippen MR) is 81.4 cm³/mol. The van der Waals surface area contributed by atoms with Gasteiger partial charge in [-0.25, -0.2) is 9.97 Å². The fourth-order valence-electron chi connectivity index (χ4n) is 2.13. The molecule has 0 atom stereocenters. The van der Waals surface area contributed by atoms with Gasteiger partial charge in [-0.15, -0.1) is 0 Å². The maximum Gasteiger partial charge on any atom is 0.207 e. The summed E-state index contributed by atoms with van der Waals surface area (Å²) in [7, 11) is 3.18. The number of aromatic nitrogens is 3. The van der Waals surface area contributed by atoms with E-state index in [4.69, 9.17) is 26.8 Å². The average Bonchev–Trinajstić information content (AvgIpc) is 2.81. The molecule has 3 rings (SSSR count). The van der Waals surface area contributed by atoms with Gasteiger partial charge in [0.25, 0.3) is 0 Å². The van der Waals surface area contributed by atoms with Crippen LogP contribution < -0.4 is 15.2 Å². The number of nitrogen functional groups attached to an aromatic ring is 1. The number of benzene rings is 1. The van der Waals surface area contributed by atoms with Crippen LogP contribution in [0, 0.1) is 0 Å². The number of halogens is 1. The molecule has 0 aliphatic rings. The Bertz CT molecular complexity index is 794. The molecule has 0 bridgehead atoms. The summed E-state index contributed by atoms with van der Waals surface area (Å²) in [6, 6.07) is 7.16. The van der Waals surface area contributed by atoms with Crippen molar-refractivity contribution in [2.75, 3.05) is 20.0 Å². The Kier molecular flexibility index (Phi) is 3.31. The molecular weight excluding hydrogens is 292 g/mol. The number of hydrogen-bond acceptors (Lipinski definition) is 5. The Morgan fingerprint density at radius 3 is 2.38 bits per heavy atom. The van der Waals surface area contributed by atoms with Crippen LogP contribution in [0.1, 0.15) is 0 Å². The van der Waals surface area contributed by atoms with Crippen molar-refractivity contribution in [1.29, 1.82) is 0 Å². The smallest absolute Gasteiger partial charge is 0.207 e. The zero-order valence-corrected chi connectivity index (χ0v) is 12.3. The van der Waals surface area contributed by atoms with Gasteiger partial charge in [-0.05, 0) is 6.07 Å². The lowest BCUT2D eigenvalue weighted by Crippen LogP contribution is -2.02. The molecule has 2 aromatic heterocycles. The monoisotopic (exact) mass is 304 g/mol. The Morgan fingerprint density at radius 1 is 1.10 bits per heavy atom. The number of hydrogen-bond donors (Lipinski definition) is 1. The van der Waals surface area contributed by atoms with Gasteiger partial charge >= 0.3 is 0 Å². The first-order valence-electron chi connectivity index (χ1n) is 6.15. The number of nitrogens with two attached hydrogens (primary N) is 1. The molecule has 0 saturated heterocycles. The van der Waals surface area contributed by atoms with E-state index in [1.165, 1.54) is 0 Å². The molecule has 0 aliphatic carbocycles. The second-order valence-electron chi connectivity index (χ2n) is 4.37. The van der Waals surface area contributed by atoms with E-state index >= 15 is 0 Å². The minimum absolute atomic E-state index is 0.315. The molecule has 3 aromatic rings. The standard InChI is InChI=1S/C14H13ClN4O2/c1-20-10-4-9(5-11(6-10)21-2)19-13-12(18-14(19)16)3-8(15)7-17-13/h3-7H,1-2H3,(H2,16,18). The van der Waals surface area contributed by atoms with Crippen molar-refractivity contribution in [2.24, 2.45) is 0 Å². The van der Waals surface area contributed by atoms with E-state index in [2.05, 4.69) is 9.97 Å². The van der Waals surface area contributed by atoms with Crippen LogP contribution in [0.5, 0.6) is 11.5 Å². The third-order valence-electron chi connectivity index (χ3n) is 3.08. The van der Waals surface area contributed by atoms with Crippen LogP contribution >= 0.6 is 11.6 Å². The van der Waals surface area contributed by atoms with Crippen LogP contribution in [-0.4, -0.2) is 28.8 Å². The highest BCUT2D eigenvalue weighted by atomic mass is 35.5. The predicted octanol–water partition coefficient (Wildman–Crippen LogP) is 2.67. The molecule has 7 heteroatoms. The number of nitrogens with zero attached hydrogens (tertiary/aromatic N) is 3. The van der Waals surface area contributed by atoms with E-state index in [1.54, 1.807) is 37.1 Å². The van der Waals surface area contributed by atoms with E-state index in [9.17, 15) is 0 Å². The molecule has 0 spiro atoms. The van der Waals surface area contributed by atoms with Gasteiger partial charge in [-0.3, -0.25) is 4.57 Å². The van der Waals surface area contributed by atoms with Crippen molar-refractivity contribution in [2.45, 2.75) is 0 Å². The summed E-state index contributed by atoms with van der Waals surface area (Å²) in [5, 5.41) is 0.510.